The van der Waals surface area contributed by atoms with E-state index in [2.05, 4.69) is 0 Å². The summed E-state index contributed by atoms with van der Waals surface area (Å²) in [6.45, 7) is 0.452. The van der Waals surface area contributed by atoms with E-state index in [9.17, 15) is 5.11 Å². The molecule has 2 aromatic carbocycles. The molecule has 0 heterocycles. The fraction of sp³-hybridized carbons (Fsp3) is 0.286. The number of rotatable bonds is 4. The van der Waals surface area contributed by atoms with E-state index in [-0.39, 0.29) is 0 Å². The summed E-state index contributed by atoms with van der Waals surface area (Å²) in [4.78, 5) is 0. The zero-order chi connectivity index (χ0) is 12.3. The van der Waals surface area contributed by atoms with Crippen LogP contribution in [0.3, 0.4) is 0 Å². The van der Waals surface area contributed by atoms with Crippen LogP contribution >= 0.6 is 0 Å². The van der Waals surface area contributed by atoms with Crippen molar-refractivity contribution in [2.45, 2.75) is 12.5 Å². The average molecular weight is 231 g/mol. The maximum Gasteiger partial charge on any atom is 0.125 e. The van der Waals surface area contributed by atoms with Gasteiger partial charge < -0.3 is 15.6 Å². The number of nitrogens with two attached hydrogens (primary N) is 1. The molecule has 17 heavy (non-hydrogen) atoms. The summed E-state index contributed by atoms with van der Waals surface area (Å²) in [5, 5.41) is 12.3. The second-order valence-electron chi connectivity index (χ2n) is 4.00. The molecule has 0 amide bonds. The molecule has 2 rings (SSSR count). The van der Waals surface area contributed by atoms with Crippen molar-refractivity contribution in [1.82, 2.24) is 0 Å². The van der Waals surface area contributed by atoms with Crippen molar-refractivity contribution in [3.05, 3.63) is 42.0 Å². The summed E-state index contributed by atoms with van der Waals surface area (Å²) in [6, 6.07) is 11.8. The van der Waals surface area contributed by atoms with Crippen LogP contribution in [-0.4, -0.2) is 18.8 Å². The normalized spacial score (nSPS) is 12.6. The lowest BCUT2D eigenvalue weighted by Crippen LogP contribution is -2.08. The summed E-state index contributed by atoms with van der Waals surface area (Å²) in [5.74, 6) is 0.713. The van der Waals surface area contributed by atoms with Crippen LogP contribution < -0.4 is 10.5 Å². The van der Waals surface area contributed by atoms with Crippen LogP contribution in [0.2, 0.25) is 0 Å². The van der Waals surface area contributed by atoms with E-state index in [0.29, 0.717) is 18.7 Å². The topological polar surface area (TPSA) is 55.5 Å². The predicted molar refractivity (Wildman–Crippen MR) is 69.1 cm³/mol. The van der Waals surface area contributed by atoms with Crippen LogP contribution in [0.15, 0.2) is 36.4 Å². The van der Waals surface area contributed by atoms with E-state index in [4.69, 9.17) is 10.5 Å². The molecule has 2 aromatic rings. The van der Waals surface area contributed by atoms with E-state index in [1.54, 1.807) is 7.11 Å². The molecule has 3 N–H and O–H groups in total. The van der Waals surface area contributed by atoms with Crippen molar-refractivity contribution in [3.8, 4) is 5.75 Å². The largest absolute Gasteiger partial charge is 0.496 e. The van der Waals surface area contributed by atoms with Gasteiger partial charge in [0.15, 0.2) is 0 Å². The van der Waals surface area contributed by atoms with Gasteiger partial charge in [-0.2, -0.15) is 0 Å². The molecule has 0 bridgehead atoms. The van der Waals surface area contributed by atoms with Crippen molar-refractivity contribution in [2.75, 3.05) is 13.7 Å². The van der Waals surface area contributed by atoms with Gasteiger partial charge in [0.1, 0.15) is 5.75 Å². The van der Waals surface area contributed by atoms with Gasteiger partial charge in [-0.1, -0.05) is 30.3 Å². The van der Waals surface area contributed by atoms with E-state index in [0.717, 1.165) is 16.3 Å². The average Bonchev–Trinajstić information content (AvgIpc) is 2.37. The minimum Gasteiger partial charge on any atom is -0.496 e. The summed E-state index contributed by atoms with van der Waals surface area (Å²) in [5.41, 5.74) is 6.33. The number of hydrogen-bond donors (Lipinski definition) is 2. The van der Waals surface area contributed by atoms with Crippen molar-refractivity contribution in [2.24, 2.45) is 5.73 Å². The summed E-state index contributed by atoms with van der Waals surface area (Å²) in [6.07, 6.45) is -0.0503. The molecule has 0 saturated heterocycles. The van der Waals surface area contributed by atoms with Gasteiger partial charge in [-0.05, 0) is 29.8 Å². The highest BCUT2D eigenvalue weighted by molar-refractivity contribution is 5.88. The molecule has 0 radical (unpaired) electrons. The van der Waals surface area contributed by atoms with Crippen LogP contribution in [0.5, 0.6) is 5.75 Å². The van der Waals surface area contributed by atoms with Crippen LogP contribution in [0.4, 0.5) is 0 Å². The monoisotopic (exact) mass is 231 g/mol. The summed E-state index contributed by atoms with van der Waals surface area (Å²) >= 11 is 0. The lowest BCUT2D eigenvalue weighted by Gasteiger charge is -2.16. The Morgan fingerprint density at radius 2 is 2.00 bits per heavy atom. The highest BCUT2D eigenvalue weighted by Crippen LogP contribution is 2.34. The van der Waals surface area contributed by atoms with Gasteiger partial charge in [-0.15, -0.1) is 0 Å². The third-order valence-electron chi connectivity index (χ3n) is 2.92. The minimum absolute atomic E-state index is 0.452. The SMILES string of the molecule is COc1ccc2ccccc2c1C(O)CCN. The molecule has 0 aliphatic rings. The van der Waals surface area contributed by atoms with E-state index < -0.39 is 6.10 Å². The molecule has 0 fully saturated rings. The standard InChI is InChI=1S/C14H17NO2/c1-17-13-7-6-10-4-2-3-5-11(10)14(13)12(16)8-9-15/h2-7,12,16H,8-9,15H2,1H3. The molecular formula is C14H17NO2. The Labute approximate surface area is 101 Å². The van der Waals surface area contributed by atoms with E-state index >= 15 is 0 Å². The molecule has 0 aliphatic carbocycles. The molecule has 3 heteroatoms. The van der Waals surface area contributed by atoms with Crippen LogP contribution in [0.25, 0.3) is 10.8 Å². The number of fused-ring (bicyclic) bond motifs is 1. The molecule has 0 spiro atoms. The van der Waals surface area contributed by atoms with Gasteiger partial charge in [0, 0.05) is 5.56 Å². The zero-order valence-electron chi connectivity index (χ0n) is 9.89. The number of methoxy groups -OCH3 is 1. The second kappa shape index (κ2) is 5.17. The zero-order valence-corrected chi connectivity index (χ0v) is 9.89. The molecule has 90 valence electrons. The first kappa shape index (κ1) is 11.9. The maximum absolute atomic E-state index is 10.2. The lowest BCUT2D eigenvalue weighted by atomic mass is 9.97. The van der Waals surface area contributed by atoms with Crippen molar-refractivity contribution < 1.29 is 9.84 Å². The molecule has 0 saturated carbocycles. The molecule has 1 unspecified atom stereocenters. The first-order valence-electron chi connectivity index (χ1n) is 5.71. The minimum atomic E-state index is -0.582. The van der Waals surface area contributed by atoms with E-state index in [1.807, 2.05) is 36.4 Å². The fourth-order valence-electron chi connectivity index (χ4n) is 2.10. The Morgan fingerprint density at radius 1 is 1.24 bits per heavy atom. The molecule has 3 nitrogen and oxygen atoms in total. The summed E-state index contributed by atoms with van der Waals surface area (Å²) in [7, 11) is 1.61. The number of benzene rings is 2. The number of aliphatic hydroxyl groups is 1. The van der Waals surface area contributed by atoms with E-state index in [1.165, 1.54) is 0 Å². The Morgan fingerprint density at radius 3 is 2.71 bits per heavy atom. The Balaban J connectivity index is 2.62. The smallest absolute Gasteiger partial charge is 0.125 e. The van der Waals surface area contributed by atoms with Gasteiger partial charge >= 0.3 is 0 Å². The molecule has 0 aromatic heterocycles. The Hall–Kier alpha value is -1.58. The second-order valence-corrected chi connectivity index (χ2v) is 4.00. The number of hydrogen-bond acceptors (Lipinski definition) is 3. The van der Waals surface area contributed by atoms with Crippen molar-refractivity contribution >= 4 is 10.8 Å². The number of ether oxygens (including phenoxy) is 1. The lowest BCUT2D eigenvalue weighted by molar-refractivity contribution is 0.168. The first-order chi connectivity index (χ1) is 8.27. The van der Waals surface area contributed by atoms with Crippen LogP contribution in [0, 0.1) is 0 Å². The maximum atomic E-state index is 10.2. The van der Waals surface area contributed by atoms with Gasteiger partial charge in [-0.25, -0.2) is 0 Å². The van der Waals surface area contributed by atoms with Crippen LogP contribution in [-0.2, 0) is 0 Å². The van der Waals surface area contributed by atoms with Crippen LogP contribution in [0.1, 0.15) is 18.1 Å². The molecule has 0 aliphatic heterocycles. The highest BCUT2D eigenvalue weighted by Gasteiger charge is 2.15. The first-order valence-corrected chi connectivity index (χ1v) is 5.71. The summed E-state index contributed by atoms with van der Waals surface area (Å²) < 4.78 is 5.32. The van der Waals surface area contributed by atoms with Crippen molar-refractivity contribution in [1.29, 1.82) is 0 Å². The van der Waals surface area contributed by atoms with Gasteiger partial charge in [0.25, 0.3) is 0 Å². The molecule has 1 atom stereocenters. The number of aliphatic hydroxyl groups excluding tert-OH is 1. The third kappa shape index (κ3) is 2.25. The third-order valence-corrected chi connectivity index (χ3v) is 2.92. The molecular weight excluding hydrogens is 214 g/mol. The quantitative estimate of drug-likeness (QED) is 0.848. The Kier molecular flexibility index (Phi) is 3.61. The predicted octanol–water partition coefficient (Wildman–Crippen LogP) is 2.23. The van der Waals surface area contributed by atoms with Gasteiger partial charge in [0.05, 0.1) is 13.2 Å². The van der Waals surface area contributed by atoms with Gasteiger partial charge in [-0.3, -0.25) is 0 Å². The van der Waals surface area contributed by atoms with Gasteiger partial charge in [0.2, 0.25) is 0 Å². The highest BCUT2D eigenvalue weighted by atomic mass is 16.5. The Bertz CT molecular complexity index is 511. The van der Waals surface area contributed by atoms with Crippen molar-refractivity contribution in [3.63, 3.8) is 0 Å². The fourth-order valence-corrected chi connectivity index (χ4v) is 2.10.